The van der Waals surface area contributed by atoms with Crippen LogP contribution in [0.1, 0.15) is 41.6 Å². The third-order valence-electron chi connectivity index (χ3n) is 6.13. The summed E-state index contributed by atoms with van der Waals surface area (Å²) in [4.78, 5) is 51.6. The Balaban J connectivity index is 1.41. The molecule has 33 heavy (non-hydrogen) atoms. The quantitative estimate of drug-likeness (QED) is 0.437. The van der Waals surface area contributed by atoms with Gasteiger partial charge in [-0.05, 0) is 71.6 Å². The van der Waals surface area contributed by atoms with Crippen molar-refractivity contribution in [2.75, 3.05) is 16.8 Å². The summed E-state index contributed by atoms with van der Waals surface area (Å²) < 4.78 is 5.85. The molecule has 0 unspecified atom stereocenters. The van der Waals surface area contributed by atoms with Crippen LogP contribution in [-0.2, 0) is 19.1 Å². The largest absolute Gasteiger partial charge is 0.452 e. The summed E-state index contributed by atoms with van der Waals surface area (Å²) >= 11 is 9.49. The first-order valence-corrected chi connectivity index (χ1v) is 11.8. The molecule has 1 heterocycles. The number of imide groups is 1. The lowest BCUT2D eigenvalue weighted by Crippen LogP contribution is -2.31. The fourth-order valence-corrected chi connectivity index (χ4v) is 4.97. The highest BCUT2D eigenvalue weighted by atomic mass is 79.9. The summed E-state index contributed by atoms with van der Waals surface area (Å²) in [5, 5.41) is 3.14. The van der Waals surface area contributed by atoms with Gasteiger partial charge in [-0.15, -0.1) is 0 Å². The molecule has 2 aliphatic rings. The zero-order valence-electron chi connectivity index (χ0n) is 17.9. The number of hydrogen-bond acceptors (Lipinski definition) is 5. The van der Waals surface area contributed by atoms with Gasteiger partial charge in [0.05, 0.1) is 28.1 Å². The van der Waals surface area contributed by atoms with Crippen LogP contribution in [0.25, 0.3) is 0 Å². The van der Waals surface area contributed by atoms with E-state index < -0.39 is 18.5 Å². The third kappa shape index (κ3) is 4.68. The summed E-state index contributed by atoms with van der Waals surface area (Å²) in [7, 11) is 0. The molecule has 2 aromatic rings. The highest BCUT2D eigenvalue weighted by Crippen LogP contribution is 2.40. The van der Waals surface area contributed by atoms with Crippen LogP contribution in [0.3, 0.4) is 0 Å². The number of carbonyl (C=O) groups excluding carboxylic acids is 4. The molecule has 1 saturated carbocycles. The molecule has 0 bridgehead atoms. The summed E-state index contributed by atoms with van der Waals surface area (Å²) in [5.41, 5.74) is 1.69. The van der Waals surface area contributed by atoms with Gasteiger partial charge in [-0.25, -0.2) is 4.79 Å². The van der Waals surface area contributed by atoms with Gasteiger partial charge in [0.25, 0.3) is 5.91 Å². The van der Waals surface area contributed by atoms with E-state index >= 15 is 0 Å². The molecule has 4 rings (SSSR count). The van der Waals surface area contributed by atoms with Gasteiger partial charge in [0.1, 0.15) is 0 Å². The normalized spacial score (nSPS) is 19.9. The van der Waals surface area contributed by atoms with Crippen LogP contribution in [0.15, 0.2) is 40.9 Å². The second-order valence-electron chi connectivity index (χ2n) is 8.22. The number of nitrogens with one attached hydrogen (secondary N) is 1. The van der Waals surface area contributed by atoms with Crippen molar-refractivity contribution in [2.24, 2.45) is 11.8 Å². The van der Waals surface area contributed by atoms with Crippen molar-refractivity contribution in [3.63, 3.8) is 0 Å². The molecule has 1 aliphatic heterocycles. The first kappa shape index (κ1) is 23.4. The molecule has 0 radical (unpaired) electrons. The molecule has 2 aromatic carbocycles. The Kier molecular flexibility index (Phi) is 6.86. The predicted molar refractivity (Wildman–Crippen MR) is 127 cm³/mol. The van der Waals surface area contributed by atoms with E-state index in [4.69, 9.17) is 16.3 Å². The molecule has 9 heteroatoms. The minimum Gasteiger partial charge on any atom is -0.452 e. The number of halogens is 2. The smallest absolute Gasteiger partial charge is 0.338 e. The lowest BCUT2D eigenvalue weighted by molar-refractivity contribution is -0.122. The lowest BCUT2D eigenvalue weighted by atomic mass is 9.81. The number of ether oxygens (including phenoxy) is 1. The molecule has 0 aromatic heterocycles. The molecular weight excluding hydrogens is 512 g/mol. The number of esters is 1. The standard InChI is InChI=1S/C24H22BrClN2O5/c1-13-19(10-9-18(25)21(13)26)27-20(29)12-33-24(32)14-5-4-6-15(11-14)28-22(30)16-7-2-3-8-17(16)23(28)31/h4-6,9-11,16-17H,2-3,7-8,12H2,1H3,(H,27,29)/t16-,17+. The van der Waals surface area contributed by atoms with Crippen LogP contribution in [0.4, 0.5) is 11.4 Å². The third-order valence-corrected chi connectivity index (χ3v) is 7.51. The van der Waals surface area contributed by atoms with Gasteiger partial charge < -0.3 is 10.1 Å². The van der Waals surface area contributed by atoms with E-state index in [-0.39, 0.29) is 29.2 Å². The van der Waals surface area contributed by atoms with Gasteiger partial charge in [0, 0.05) is 10.2 Å². The van der Waals surface area contributed by atoms with E-state index in [2.05, 4.69) is 21.2 Å². The Morgan fingerprint density at radius 2 is 1.79 bits per heavy atom. The zero-order valence-corrected chi connectivity index (χ0v) is 20.2. The second kappa shape index (κ2) is 9.65. The van der Waals surface area contributed by atoms with E-state index in [0.29, 0.717) is 39.3 Å². The first-order chi connectivity index (χ1) is 15.8. The van der Waals surface area contributed by atoms with Crippen molar-refractivity contribution in [3.8, 4) is 0 Å². The Bertz CT molecular complexity index is 1130. The number of carbonyl (C=O) groups is 4. The Morgan fingerprint density at radius 1 is 1.12 bits per heavy atom. The number of fused-ring (bicyclic) bond motifs is 1. The Labute approximate surface area is 204 Å². The van der Waals surface area contributed by atoms with E-state index in [1.165, 1.54) is 17.0 Å². The van der Waals surface area contributed by atoms with E-state index in [0.717, 1.165) is 12.8 Å². The average Bonchev–Trinajstić information content (AvgIpc) is 3.08. The molecule has 1 aliphatic carbocycles. The van der Waals surface area contributed by atoms with Crippen LogP contribution in [0, 0.1) is 18.8 Å². The summed E-state index contributed by atoms with van der Waals surface area (Å²) in [6.07, 6.45) is 3.31. The number of nitrogens with zero attached hydrogens (tertiary/aromatic N) is 1. The van der Waals surface area contributed by atoms with Gasteiger partial charge in [0.15, 0.2) is 6.61 Å². The maximum atomic E-state index is 12.8. The summed E-state index contributed by atoms with van der Waals surface area (Å²) in [6.45, 7) is 1.26. The van der Waals surface area contributed by atoms with Gasteiger partial charge in [-0.3, -0.25) is 19.3 Å². The number of amides is 3. The maximum absolute atomic E-state index is 12.8. The van der Waals surface area contributed by atoms with E-state index in [9.17, 15) is 19.2 Å². The second-order valence-corrected chi connectivity index (χ2v) is 9.45. The fraction of sp³-hybridized carbons (Fsp3) is 0.333. The minimum absolute atomic E-state index is 0.152. The zero-order chi connectivity index (χ0) is 23.7. The monoisotopic (exact) mass is 532 g/mol. The molecule has 1 saturated heterocycles. The molecule has 0 spiro atoms. The van der Waals surface area contributed by atoms with Gasteiger partial charge in [0.2, 0.25) is 11.8 Å². The average molecular weight is 534 g/mol. The lowest BCUT2D eigenvalue weighted by Gasteiger charge is -2.19. The molecule has 3 amide bonds. The molecule has 2 fully saturated rings. The number of anilines is 2. The summed E-state index contributed by atoms with van der Waals surface area (Å²) in [6, 6.07) is 9.57. The SMILES string of the molecule is Cc1c(NC(=O)COC(=O)c2cccc(N3C(=O)[C@H]4CCCC[C@H]4C3=O)c2)ccc(Br)c1Cl. The highest BCUT2D eigenvalue weighted by molar-refractivity contribution is 9.10. The Morgan fingerprint density at radius 3 is 2.45 bits per heavy atom. The van der Waals surface area contributed by atoms with Crippen molar-refractivity contribution in [3.05, 3.63) is 57.0 Å². The van der Waals surface area contributed by atoms with Crippen LogP contribution in [0.2, 0.25) is 5.02 Å². The van der Waals surface area contributed by atoms with E-state index in [1.54, 1.807) is 31.2 Å². The number of hydrogen-bond donors (Lipinski definition) is 1. The number of rotatable bonds is 5. The van der Waals surface area contributed by atoms with Crippen molar-refractivity contribution >= 4 is 62.6 Å². The van der Waals surface area contributed by atoms with Crippen molar-refractivity contribution in [1.82, 2.24) is 0 Å². The summed E-state index contributed by atoms with van der Waals surface area (Å²) in [5.74, 6) is -2.22. The molecule has 172 valence electrons. The molecular formula is C24H22BrClN2O5. The van der Waals surface area contributed by atoms with Crippen LogP contribution in [-0.4, -0.2) is 30.3 Å². The van der Waals surface area contributed by atoms with E-state index in [1.807, 2.05) is 0 Å². The van der Waals surface area contributed by atoms with Crippen LogP contribution in [0.5, 0.6) is 0 Å². The van der Waals surface area contributed by atoms with Crippen LogP contribution >= 0.6 is 27.5 Å². The topological polar surface area (TPSA) is 92.8 Å². The van der Waals surface area contributed by atoms with Gasteiger partial charge in [-0.2, -0.15) is 0 Å². The van der Waals surface area contributed by atoms with Crippen molar-refractivity contribution in [2.45, 2.75) is 32.6 Å². The number of benzene rings is 2. The molecule has 1 N–H and O–H groups in total. The Hall–Kier alpha value is -2.71. The maximum Gasteiger partial charge on any atom is 0.338 e. The van der Waals surface area contributed by atoms with Crippen molar-refractivity contribution < 1.29 is 23.9 Å². The van der Waals surface area contributed by atoms with Crippen molar-refractivity contribution in [1.29, 1.82) is 0 Å². The highest BCUT2D eigenvalue weighted by Gasteiger charge is 2.48. The first-order valence-electron chi connectivity index (χ1n) is 10.7. The molecule has 2 atom stereocenters. The molecule has 7 nitrogen and oxygen atoms in total. The minimum atomic E-state index is -0.728. The predicted octanol–water partition coefficient (Wildman–Crippen LogP) is 4.89. The van der Waals surface area contributed by atoms with Gasteiger partial charge >= 0.3 is 5.97 Å². The van der Waals surface area contributed by atoms with Gasteiger partial charge in [-0.1, -0.05) is 30.5 Å². The fourth-order valence-electron chi connectivity index (χ4n) is 4.38. The van der Waals surface area contributed by atoms with Crippen LogP contribution < -0.4 is 10.2 Å².